The van der Waals surface area contributed by atoms with E-state index < -0.39 is 6.04 Å². The van der Waals surface area contributed by atoms with Crippen molar-refractivity contribution in [2.75, 3.05) is 13.2 Å². The molecule has 3 aromatic rings. The molecule has 0 unspecified atom stereocenters. The van der Waals surface area contributed by atoms with Crippen molar-refractivity contribution < 1.29 is 14.3 Å². The van der Waals surface area contributed by atoms with Crippen LogP contribution in [0.5, 0.6) is 5.75 Å². The van der Waals surface area contributed by atoms with Gasteiger partial charge in [0.2, 0.25) is 5.91 Å². The summed E-state index contributed by atoms with van der Waals surface area (Å²) in [6.45, 7) is 6.73. The fourth-order valence-electron chi connectivity index (χ4n) is 3.84. The predicted molar refractivity (Wildman–Crippen MR) is 136 cm³/mol. The summed E-state index contributed by atoms with van der Waals surface area (Å²) in [6, 6.07) is 19.2. The van der Waals surface area contributed by atoms with E-state index in [4.69, 9.17) is 4.74 Å². The summed E-state index contributed by atoms with van der Waals surface area (Å²) in [5.74, 6) is 0.239. The van der Waals surface area contributed by atoms with Gasteiger partial charge in [-0.15, -0.1) is 0 Å². The van der Waals surface area contributed by atoms with Crippen molar-refractivity contribution in [2.24, 2.45) is 0 Å². The molecule has 0 saturated carbocycles. The van der Waals surface area contributed by atoms with Crippen molar-refractivity contribution in [3.05, 3.63) is 76.3 Å². The minimum absolute atomic E-state index is 0.132. The fraction of sp³-hybridized carbons (Fsp3) is 0.333. The van der Waals surface area contributed by atoms with Crippen molar-refractivity contribution in [3.8, 4) is 5.75 Å². The highest BCUT2D eigenvalue weighted by atomic mass is 79.9. The minimum atomic E-state index is -0.562. The molecule has 0 aliphatic rings. The maximum Gasteiger partial charge on any atom is 0.261 e. The molecule has 3 rings (SSSR count). The van der Waals surface area contributed by atoms with Crippen LogP contribution in [0.4, 0.5) is 0 Å². The molecule has 174 valence electrons. The van der Waals surface area contributed by atoms with Crippen molar-refractivity contribution >= 4 is 38.5 Å². The Bertz CT molecular complexity index is 1120. The summed E-state index contributed by atoms with van der Waals surface area (Å²) in [5.41, 5.74) is 2.09. The molecule has 0 aliphatic heterocycles. The quantitative estimate of drug-likeness (QED) is 0.384. The highest BCUT2D eigenvalue weighted by molar-refractivity contribution is 9.10. The molecule has 33 heavy (non-hydrogen) atoms. The lowest BCUT2D eigenvalue weighted by atomic mass is 10.1. The molecule has 0 fully saturated rings. The third kappa shape index (κ3) is 6.35. The smallest absolute Gasteiger partial charge is 0.261 e. The minimum Gasteiger partial charge on any atom is -0.483 e. The first kappa shape index (κ1) is 24.8. The lowest BCUT2D eigenvalue weighted by Crippen LogP contribution is -2.50. The molecule has 0 aromatic heterocycles. The van der Waals surface area contributed by atoms with Gasteiger partial charge in [0.15, 0.2) is 6.61 Å². The van der Waals surface area contributed by atoms with E-state index in [9.17, 15) is 9.59 Å². The Balaban J connectivity index is 1.82. The first-order valence-electron chi connectivity index (χ1n) is 11.4. The number of aryl methyl sites for hydroxylation is 1. The Labute approximate surface area is 204 Å². The summed E-state index contributed by atoms with van der Waals surface area (Å²) in [7, 11) is 0. The van der Waals surface area contributed by atoms with Crippen LogP contribution in [0.1, 0.15) is 37.8 Å². The zero-order valence-electron chi connectivity index (χ0n) is 19.4. The van der Waals surface area contributed by atoms with Crippen molar-refractivity contribution in [2.45, 2.75) is 46.2 Å². The lowest BCUT2D eigenvalue weighted by Gasteiger charge is -2.30. The van der Waals surface area contributed by atoms with Crippen molar-refractivity contribution in [1.82, 2.24) is 10.2 Å². The molecular formula is C27H31BrN2O3. The van der Waals surface area contributed by atoms with Gasteiger partial charge in [-0.2, -0.15) is 0 Å². The van der Waals surface area contributed by atoms with Crippen LogP contribution in [0.15, 0.2) is 65.1 Å². The standard InChI is InChI=1S/C27H31BrN2O3/c1-4-15-29-27(32)23(5-2)30(17-20-10-8-9-19(3)16-20)25(31)18-33-24-14-13-21-11-6-7-12-22(21)26(24)28/h6-14,16,23H,4-5,15,17-18H2,1-3H3,(H,29,32)/t23-/m1/s1. The first-order valence-corrected chi connectivity index (χ1v) is 12.2. The highest BCUT2D eigenvalue weighted by Gasteiger charge is 2.29. The van der Waals surface area contributed by atoms with Gasteiger partial charge in [-0.3, -0.25) is 9.59 Å². The molecule has 1 N–H and O–H groups in total. The number of nitrogens with one attached hydrogen (secondary N) is 1. The van der Waals surface area contributed by atoms with Gasteiger partial charge in [0.1, 0.15) is 11.8 Å². The maximum absolute atomic E-state index is 13.4. The zero-order valence-corrected chi connectivity index (χ0v) is 21.0. The normalized spacial score (nSPS) is 11.8. The number of fused-ring (bicyclic) bond motifs is 1. The number of benzene rings is 3. The van der Waals surface area contributed by atoms with Gasteiger partial charge in [0, 0.05) is 13.1 Å². The van der Waals surface area contributed by atoms with Crippen LogP contribution < -0.4 is 10.1 Å². The molecule has 1 atom stereocenters. The van der Waals surface area contributed by atoms with Crippen molar-refractivity contribution in [1.29, 1.82) is 0 Å². The summed E-state index contributed by atoms with van der Waals surface area (Å²) in [4.78, 5) is 27.9. The third-order valence-electron chi connectivity index (χ3n) is 5.55. The number of hydrogen-bond donors (Lipinski definition) is 1. The van der Waals surface area contributed by atoms with Gasteiger partial charge in [0.05, 0.1) is 4.47 Å². The zero-order chi connectivity index (χ0) is 23.8. The van der Waals surface area contributed by atoms with Crippen LogP contribution in [0.25, 0.3) is 10.8 Å². The fourth-order valence-corrected chi connectivity index (χ4v) is 4.45. The van der Waals surface area contributed by atoms with Crippen LogP contribution in [0, 0.1) is 6.92 Å². The van der Waals surface area contributed by atoms with Crippen LogP contribution in [-0.4, -0.2) is 35.9 Å². The van der Waals surface area contributed by atoms with E-state index in [1.807, 2.05) is 81.4 Å². The number of carbonyl (C=O) groups excluding carboxylic acids is 2. The number of rotatable bonds is 10. The van der Waals surface area contributed by atoms with Gasteiger partial charge < -0.3 is 15.0 Å². The summed E-state index contributed by atoms with van der Waals surface area (Å²) in [5, 5.41) is 5.04. The third-order valence-corrected chi connectivity index (χ3v) is 6.37. The Hall–Kier alpha value is -2.86. The van der Waals surface area contributed by atoms with Crippen LogP contribution in [-0.2, 0) is 16.1 Å². The molecule has 0 aliphatic carbocycles. The summed E-state index contributed by atoms with van der Waals surface area (Å²) < 4.78 is 6.75. The monoisotopic (exact) mass is 510 g/mol. The summed E-state index contributed by atoms with van der Waals surface area (Å²) in [6.07, 6.45) is 1.36. The van der Waals surface area contributed by atoms with E-state index >= 15 is 0 Å². The Morgan fingerprint density at radius 2 is 1.85 bits per heavy atom. The van der Waals surface area contributed by atoms with E-state index in [0.29, 0.717) is 25.3 Å². The molecule has 3 aromatic carbocycles. The second-order valence-corrected chi connectivity index (χ2v) is 8.91. The molecular weight excluding hydrogens is 480 g/mol. The van der Waals surface area contributed by atoms with E-state index in [1.165, 1.54) is 0 Å². The first-order chi connectivity index (χ1) is 15.9. The molecule has 0 saturated heterocycles. The number of amides is 2. The number of carbonyl (C=O) groups is 2. The van der Waals surface area contributed by atoms with Gasteiger partial charge in [0.25, 0.3) is 5.91 Å². The lowest BCUT2D eigenvalue weighted by molar-refractivity contribution is -0.143. The van der Waals surface area contributed by atoms with Crippen LogP contribution in [0.3, 0.4) is 0 Å². The average molecular weight is 511 g/mol. The van der Waals surface area contributed by atoms with E-state index in [0.717, 1.165) is 32.8 Å². The molecule has 6 heteroatoms. The predicted octanol–water partition coefficient (Wildman–Crippen LogP) is 5.62. The largest absolute Gasteiger partial charge is 0.483 e. The Kier molecular flexibility index (Phi) is 8.89. The van der Waals surface area contributed by atoms with E-state index in [1.54, 1.807) is 4.90 Å². The van der Waals surface area contributed by atoms with Crippen LogP contribution in [0.2, 0.25) is 0 Å². The number of nitrogens with zero attached hydrogens (tertiary/aromatic N) is 1. The van der Waals surface area contributed by atoms with Gasteiger partial charge >= 0.3 is 0 Å². The highest BCUT2D eigenvalue weighted by Crippen LogP contribution is 2.33. The molecule has 0 heterocycles. The topological polar surface area (TPSA) is 58.6 Å². The summed E-state index contributed by atoms with van der Waals surface area (Å²) >= 11 is 3.61. The number of ether oxygens (including phenoxy) is 1. The molecule has 0 spiro atoms. The number of halogens is 1. The maximum atomic E-state index is 13.4. The van der Waals surface area contributed by atoms with Gasteiger partial charge in [-0.25, -0.2) is 0 Å². The number of hydrogen-bond acceptors (Lipinski definition) is 3. The molecule has 5 nitrogen and oxygen atoms in total. The molecule has 0 radical (unpaired) electrons. The molecule has 2 amide bonds. The second kappa shape index (κ2) is 11.8. The van der Waals surface area contributed by atoms with Crippen LogP contribution >= 0.6 is 15.9 Å². The second-order valence-electron chi connectivity index (χ2n) is 8.11. The average Bonchev–Trinajstić information content (AvgIpc) is 2.82. The van der Waals surface area contributed by atoms with E-state index in [2.05, 4.69) is 21.2 Å². The van der Waals surface area contributed by atoms with Gasteiger partial charge in [-0.05, 0) is 58.1 Å². The SMILES string of the molecule is CCCNC(=O)[C@@H](CC)N(Cc1cccc(C)c1)C(=O)COc1ccc2ccccc2c1Br. The van der Waals surface area contributed by atoms with E-state index in [-0.39, 0.29) is 18.4 Å². The van der Waals surface area contributed by atoms with Crippen molar-refractivity contribution in [3.63, 3.8) is 0 Å². The Morgan fingerprint density at radius 3 is 2.58 bits per heavy atom. The van der Waals surface area contributed by atoms with Gasteiger partial charge in [-0.1, -0.05) is 74.0 Å². The Morgan fingerprint density at radius 1 is 1.06 bits per heavy atom. The molecule has 0 bridgehead atoms.